The fourth-order valence-corrected chi connectivity index (χ4v) is 4.34. The molecule has 0 aromatic heterocycles. The van der Waals surface area contributed by atoms with Crippen molar-refractivity contribution in [2.45, 2.75) is 64.1 Å². The third kappa shape index (κ3) is 4.22. The van der Waals surface area contributed by atoms with Crippen molar-refractivity contribution in [2.24, 2.45) is 0 Å². The standard InChI is InChI=1S/C22H31N3O3/c1-14(2)24-22(28)25-19(12-23-15(3)27)21(20(25)13-26)18-10-8-17(9-11-18)16-6-4-5-7-16/h6,8-11,14,19-21,26H,4-5,7,12-13H2,1-3H3,(H,23,27)(H,24,28)/t19-,20+,21-/m0/s1. The molecule has 0 saturated carbocycles. The maximum Gasteiger partial charge on any atom is 0.318 e. The molecule has 1 aliphatic heterocycles. The van der Waals surface area contributed by atoms with Crippen molar-refractivity contribution in [1.82, 2.24) is 15.5 Å². The number of urea groups is 1. The molecule has 152 valence electrons. The molecular formula is C22H31N3O3. The van der Waals surface area contributed by atoms with Gasteiger partial charge in [0, 0.05) is 25.4 Å². The van der Waals surface area contributed by atoms with Gasteiger partial charge in [-0.25, -0.2) is 4.79 Å². The number of likely N-dealkylation sites (tertiary alicyclic amines) is 1. The molecule has 1 saturated heterocycles. The lowest BCUT2D eigenvalue weighted by molar-refractivity contribution is -0.119. The Morgan fingerprint density at radius 2 is 1.93 bits per heavy atom. The largest absolute Gasteiger partial charge is 0.394 e. The summed E-state index contributed by atoms with van der Waals surface area (Å²) >= 11 is 0. The second kappa shape index (κ2) is 8.78. The molecule has 1 aliphatic carbocycles. The van der Waals surface area contributed by atoms with E-state index in [4.69, 9.17) is 0 Å². The van der Waals surface area contributed by atoms with Crippen LogP contribution in [0.2, 0.25) is 0 Å². The molecule has 0 radical (unpaired) electrons. The van der Waals surface area contributed by atoms with Crippen LogP contribution in [0.15, 0.2) is 30.3 Å². The highest BCUT2D eigenvalue weighted by atomic mass is 16.3. The quantitative estimate of drug-likeness (QED) is 0.704. The monoisotopic (exact) mass is 385 g/mol. The molecule has 3 N–H and O–H groups in total. The molecule has 1 aromatic carbocycles. The van der Waals surface area contributed by atoms with Crippen molar-refractivity contribution in [3.05, 3.63) is 41.5 Å². The zero-order valence-electron chi connectivity index (χ0n) is 16.9. The normalized spacial score (nSPS) is 24.0. The first-order valence-corrected chi connectivity index (χ1v) is 10.2. The van der Waals surface area contributed by atoms with Gasteiger partial charge < -0.3 is 20.6 Å². The number of aliphatic hydroxyl groups excluding tert-OH is 1. The number of carbonyl (C=O) groups is 2. The molecule has 6 nitrogen and oxygen atoms in total. The number of nitrogens with zero attached hydrogens (tertiary/aromatic N) is 1. The number of carbonyl (C=O) groups excluding carboxylic acids is 2. The van der Waals surface area contributed by atoms with Crippen molar-refractivity contribution in [2.75, 3.05) is 13.2 Å². The van der Waals surface area contributed by atoms with Crippen LogP contribution in [-0.2, 0) is 4.79 Å². The highest BCUT2D eigenvalue weighted by Gasteiger charge is 2.51. The number of hydrogen-bond donors (Lipinski definition) is 3. The van der Waals surface area contributed by atoms with Crippen LogP contribution in [0.5, 0.6) is 0 Å². The number of rotatable bonds is 6. The number of amides is 3. The van der Waals surface area contributed by atoms with Gasteiger partial charge in [-0.1, -0.05) is 30.3 Å². The number of aliphatic hydroxyl groups is 1. The van der Waals surface area contributed by atoms with Crippen LogP contribution < -0.4 is 10.6 Å². The second-order valence-corrected chi connectivity index (χ2v) is 8.04. The molecule has 28 heavy (non-hydrogen) atoms. The van der Waals surface area contributed by atoms with Crippen LogP contribution in [0.1, 0.15) is 57.1 Å². The summed E-state index contributed by atoms with van der Waals surface area (Å²) in [5.74, 6) is -0.139. The summed E-state index contributed by atoms with van der Waals surface area (Å²) < 4.78 is 0. The van der Waals surface area contributed by atoms with Crippen LogP contribution in [0.25, 0.3) is 5.57 Å². The average molecular weight is 386 g/mol. The van der Waals surface area contributed by atoms with Crippen LogP contribution >= 0.6 is 0 Å². The maximum atomic E-state index is 12.6. The lowest BCUT2D eigenvalue weighted by Gasteiger charge is -2.54. The minimum absolute atomic E-state index is 0.00581. The number of hydrogen-bond acceptors (Lipinski definition) is 3. The van der Waals surface area contributed by atoms with E-state index in [1.54, 1.807) is 4.90 Å². The fourth-order valence-electron chi connectivity index (χ4n) is 4.34. The van der Waals surface area contributed by atoms with Gasteiger partial charge in [-0.2, -0.15) is 0 Å². The van der Waals surface area contributed by atoms with E-state index in [1.165, 1.54) is 24.5 Å². The van der Waals surface area contributed by atoms with Crippen LogP contribution in [0.4, 0.5) is 4.79 Å². The first-order valence-electron chi connectivity index (χ1n) is 10.2. The summed E-state index contributed by atoms with van der Waals surface area (Å²) in [4.78, 5) is 25.8. The fraction of sp³-hybridized carbons (Fsp3) is 0.545. The number of benzene rings is 1. The maximum absolute atomic E-state index is 12.6. The van der Waals surface area contributed by atoms with Crippen molar-refractivity contribution in [1.29, 1.82) is 0 Å². The van der Waals surface area contributed by atoms with Crippen molar-refractivity contribution in [3.63, 3.8) is 0 Å². The van der Waals surface area contributed by atoms with Gasteiger partial charge in [-0.05, 0) is 49.8 Å². The smallest absolute Gasteiger partial charge is 0.318 e. The van der Waals surface area contributed by atoms with E-state index < -0.39 is 0 Å². The Labute approximate surface area is 167 Å². The van der Waals surface area contributed by atoms with Gasteiger partial charge in [-0.15, -0.1) is 0 Å². The predicted molar refractivity (Wildman–Crippen MR) is 110 cm³/mol. The zero-order valence-corrected chi connectivity index (χ0v) is 16.9. The van der Waals surface area contributed by atoms with Gasteiger partial charge in [0.25, 0.3) is 0 Å². The van der Waals surface area contributed by atoms with Gasteiger partial charge >= 0.3 is 6.03 Å². The minimum Gasteiger partial charge on any atom is -0.394 e. The molecule has 0 spiro atoms. The van der Waals surface area contributed by atoms with Crippen molar-refractivity contribution >= 4 is 17.5 Å². The highest BCUT2D eigenvalue weighted by molar-refractivity contribution is 5.78. The predicted octanol–water partition coefficient (Wildman–Crippen LogP) is 2.64. The molecular weight excluding hydrogens is 354 g/mol. The Hall–Kier alpha value is -2.34. The van der Waals surface area contributed by atoms with E-state index in [-0.39, 0.29) is 42.6 Å². The lowest BCUT2D eigenvalue weighted by atomic mass is 9.75. The van der Waals surface area contributed by atoms with E-state index in [0.29, 0.717) is 6.54 Å². The van der Waals surface area contributed by atoms with E-state index in [1.807, 2.05) is 13.8 Å². The van der Waals surface area contributed by atoms with Crippen LogP contribution in [0, 0.1) is 0 Å². The molecule has 2 aliphatic rings. The minimum atomic E-state index is -0.297. The molecule has 3 atom stereocenters. The summed E-state index contributed by atoms with van der Waals surface area (Å²) in [5, 5.41) is 15.7. The molecule has 3 amide bonds. The Kier molecular flexibility index (Phi) is 6.39. The van der Waals surface area contributed by atoms with Crippen LogP contribution in [0.3, 0.4) is 0 Å². The van der Waals surface area contributed by atoms with Gasteiger partial charge in [0.15, 0.2) is 0 Å². The number of allylic oxidation sites excluding steroid dienone is 2. The molecule has 1 heterocycles. The first-order chi connectivity index (χ1) is 13.4. The molecule has 6 heteroatoms. The lowest BCUT2D eigenvalue weighted by Crippen LogP contribution is -2.70. The van der Waals surface area contributed by atoms with Crippen molar-refractivity contribution < 1.29 is 14.7 Å². The molecule has 1 fully saturated rings. The van der Waals surface area contributed by atoms with Gasteiger partial charge in [-0.3, -0.25) is 4.79 Å². The van der Waals surface area contributed by atoms with E-state index in [9.17, 15) is 14.7 Å². The molecule has 0 bridgehead atoms. The molecule has 3 rings (SSSR count). The number of nitrogens with one attached hydrogen (secondary N) is 2. The summed E-state index contributed by atoms with van der Waals surface area (Å²) in [5.41, 5.74) is 3.73. The Balaban J connectivity index is 1.81. The second-order valence-electron chi connectivity index (χ2n) is 8.04. The molecule has 0 unspecified atom stereocenters. The summed E-state index contributed by atoms with van der Waals surface area (Å²) in [7, 11) is 0. The zero-order chi connectivity index (χ0) is 20.3. The third-order valence-corrected chi connectivity index (χ3v) is 5.64. The topological polar surface area (TPSA) is 81.7 Å². The van der Waals surface area contributed by atoms with E-state index in [0.717, 1.165) is 18.4 Å². The summed E-state index contributed by atoms with van der Waals surface area (Å²) in [6.45, 7) is 5.54. The molecule has 1 aromatic rings. The Bertz CT molecular complexity index is 742. The third-order valence-electron chi connectivity index (χ3n) is 5.64. The van der Waals surface area contributed by atoms with Crippen molar-refractivity contribution in [3.8, 4) is 0 Å². The van der Waals surface area contributed by atoms with E-state index in [2.05, 4.69) is 41.0 Å². The Morgan fingerprint density at radius 3 is 2.46 bits per heavy atom. The van der Waals surface area contributed by atoms with Gasteiger partial charge in [0.05, 0.1) is 18.7 Å². The summed E-state index contributed by atoms with van der Waals surface area (Å²) in [6.07, 6.45) is 5.78. The average Bonchev–Trinajstić information content (AvgIpc) is 3.15. The van der Waals surface area contributed by atoms with Crippen LogP contribution in [-0.4, -0.2) is 53.2 Å². The highest BCUT2D eigenvalue weighted by Crippen LogP contribution is 2.41. The SMILES string of the molecule is CC(=O)NC[C@H]1[C@H](c2ccc(C3=CCCC3)cc2)[C@@H](CO)N1C(=O)NC(C)C. The first kappa shape index (κ1) is 20.4. The van der Waals surface area contributed by atoms with Gasteiger partial charge in [0.2, 0.25) is 5.91 Å². The Morgan fingerprint density at radius 1 is 1.21 bits per heavy atom. The van der Waals surface area contributed by atoms with E-state index >= 15 is 0 Å². The summed E-state index contributed by atoms with van der Waals surface area (Å²) in [6, 6.07) is 7.78. The van der Waals surface area contributed by atoms with Gasteiger partial charge in [0.1, 0.15) is 0 Å².